The van der Waals surface area contributed by atoms with Gasteiger partial charge in [-0.05, 0) is 24.6 Å². The minimum absolute atomic E-state index is 0.0288. The van der Waals surface area contributed by atoms with Crippen molar-refractivity contribution < 1.29 is 31.1 Å². The fourth-order valence-electron chi connectivity index (χ4n) is 1.71. The Morgan fingerprint density at radius 2 is 1.65 bits per heavy atom. The van der Waals surface area contributed by atoms with E-state index in [2.05, 4.69) is 10.6 Å². The summed E-state index contributed by atoms with van der Waals surface area (Å²) in [7, 11) is 0. The highest BCUT2D eigenvalue weighted by Crippen LogP contribution is 2.37. The van der Waals surface area contributed by atoms with Crippen LogP contribution in [0.25, 0.3) is 0 Å². The Labute approximate surface area is 149 Å². The Hall–Kier alpha value is -2.41. The molecular weight excluding hydrogens is 388 g/mol. The van der Waals surface area contributed by atoms with E-state index in [1.807, 2.05) is 0 Å². The summed E-state index contributed by atoms with van der Waals surface area (Å²) in [5.74, 6) is -0.581. The van der Waals surface area contributed by atoms with Gasteiger partial charge < -0.3 is 10.6 Å². The highest BCUT2D eigenvalue weighted by Gasteiger charge is 2.36. The molecule has 0 unspecified atom stereocenters. The van der Waals surface area contributed by atoms with Crippen molar-refractivity contribution in [1.82, 2.24) is 5.32 Å². The largest absolute Gasteiger partial charge is 0.416 e. The number of nitrogens with zero attached hydrogens (tertiary/aromatic N) is 1. The fraction of sp³-hybridized carbons (Fsp3) is 0.333. The molecule has 0 spiro atoms. The summed E-state index contributed by atoms with van der Waals surface area (Å²) in [4.78, 5) is 11.7. The predicted octanol–water partition coefficient (Wildman–Crippen LogP) is 4.29. The average Bonchev–Trinajstić information content (AvgIpc) is 2.53. The first kappa shape index (κ1) is 21.6. The van der Waals surface area contributed by atoms with Gasteiger partial charge in [0.1, 0.15) is 11.6 Å². The maximum atomic E-state index is 12.8. The minimum Gasteiger partial charge on any atom is -0.360 e. The van der Waals surface area contributed by atoms with Crippen LogP contribution >= 0.6 is 11.6 Å². The number of amides is 1. The molecule has 0 aliphatic heterocycles. The quantitative estimate of drug-likeness (QED) is 0.246. The number of benzene rings is 1. The number of nitriles is 1. The molecule has 0 fully saturated rings. The van der Waals surface area contributed by atoms with Gasteiger partial charge in [-0.25, -0.2) is 0 Å². The smallest absolute Gasteiger partial charge is 0.360 e. The number of alkyl halides is 7. The number of carbonyl (C=O) groups excluding carboxylic acids is 1. The molecule has 2 N–H and O–H groups in total. The molecule has 0 bridgehead atoms. The van der Waals surface area contributed by atoms with Gasteiger partial charge in [0.2, 0.25) is 0 Å². The summed E-state index contributed by atoms with van der Waals surface area (Å²) in [6, 6.07) is 2.34. The second-order valence-corrected chi connectivity index (χ2v) is 5.29. The lowest BCUT2D eigenvalue weighted by molar-refractivity contribution is -0.143. The summed E-state index contributed by atoms with van der Waals surface area (Å²) in [5, 5.41) is 13.3. The first-order valence-electron chi connectivity index (χ1n) is 6.99. The molecule has 142 valence electrons. The number of anilines is 1. The van der Waals surface area contributed by atoms with Crippen LogP contribution in [0, 0.1) is 11.3 Å². The number of nitrogens with one attached hydrogen (secondary N) is 2. The van der Waals surface area contributed by atoms with Gasteiger partial charge in [0.25, 0.3) is 5.91 Å². The van der Waals surface area contributed by atoms with E-state index >= 15 is 0 Å². The molecule has 0 heterocycles. The SMILES string of the molecule is N#C/C(=C/Nc1cc(C(F)(F)F)cc(C(F)(F)F)c1)C(=O)NCCCCl. The average molecular weight is 400 g/mol. The van der Waals surface area contributed by atoms with E-state index in [4.69, 9.17) is 16.9 Å². The minimum atomic E-state index is -5.00. The van der Waals surface area contributed by atoms with E-state index in [1.165, 1.54) is 6.07 Å². The molecule has 26 heavy (non-hydrogen) atoms. The van der Waals surface area contributed by atoms with Crippen molar-refractivity contribution in [2.24, 2.45) is 0 Å². The summed E-state index contributed by atoms with van der Waals surface area (Å²) >= 11 is 5.42. The molecule has 4 nitrogen and oxygen atoms in total. The van der Waals surface area contributed by atoms with Crippen molar-refractivity contribution in [1.29, 1.82) is 5.26 Å². The van der Waals surface area contributed by atoms with Crippen LogP contribution in [0.4, 0.5) is 32.0 Å². The highest BCUT2D eigenvalue weighted by atomic mass is 35.5. The second-order valence-electron chi connectivity index (χ2n) is 4.91. The van der Waals surface area contributed by atoms with E-state index in [0.29, 0.717) is 18.6 Å². The van der Waals surface area contributed by atoms with E-state index in [0.717, 1.165) is 6.20 Å². The van der Waals surface area contributed by atoms with Gasteiger partial charge in [-0.3, -0.25) is 4.79 Å². The molecule has 1 aromatic carbocycles. The normalized spacial score (nSPS) is 12.5. The Morgan fingerprint density at radius 3 is 2.08 bits per heavy atom. The van der Waals surface area contributed by atoms with Crippen LogP contribution in [-0.2, 0) is 17.1 Å². The number of hydrogen-bond acceptors (Lipinski definition) is 3. The van der Waals surface area contributed by atoms with Crippen LogP contribution in [-0.4, -0.2) is 18.3 Å². The van der Waals surface area contributed by atoms with Crippen molar-refractivity contribution in [2.45, 2.75) is 18.8 Å². The molecule has 0 aromatic heterocycles. The Balaban J connectivity index is 3.11. The molecular formula is C15H12ClF6N3O. The fourth-order valence-corrected chi connectivity index (χ4v) is 1.84. The van der Waals surface area contributed by atoms with Crippen molar-refractivity contribution in [3.8, 4) is 6.07 Å². The molecule has 11 heteroatoms. The third-order valence-electron chi connectivity index (χ3n) is 2.93. The first-order chi connectivity index (χ1) is 12.0. The summed E-state index contributed by atoms with van der Waals surface area (Å²) in [6.45, 7) is 0.156. The van der Waals surface area contributed by atoms with Gasteiger partial charge in [-0.1, -0.05) is 0 Å². The monoisotopic (exact) mass is 399 g/mol. The Morgan fingerprint density at radius 1 is 1.12 bits per heavy atom. The van der Waals surface area contributed by atoms with Crippen LogP contribution < -0.4 is 10.6 Å². The van der Waals surface area contributed by atoms with Gasteiger partial charge >= 0.3 is 12.4 Å². The topological polar surface area (TPSA) is 64.9 Å². The lowest BCUT2D eigenvalue weighted by Gasteiger charge is -2.14. The molecule has 1 rings (SSSR count). The van der Waals surface area contributed by atoms with Crippen molar-refractivity contribution >= 4 is 23.2 Å². The molecule has 0 saturated carbocycles. The van der Waals surface area contributed by atoms with E-state index < -0.39 is 40.6 Å². The molecule has 0 atom stereocenters. The van der Waals surface area contributed by atoms with Gasteiger partial charge in [0.15, 0.2) is 0 Å². The zero-order chi connectivity index (χ0) is 20.0. The standard InChI is InChI=1S/C15H12ClF6N3O/c16-2-1-3-24-13(26)9(7-23)8-25-12-5-10(14(17,18)19)4-11(6-12)15(20,21)22/h4-6,8,25H,1-3H2,(H,24,26)/b9-8-. The molecule has 0 saturated heterocycles. The van der Waals surface area contributed by atoms with E-state index in [1.54, 1.807) is 0 Å². The molecule has 1 amide bonds. The van der Waals surface area contributed by atoms with Gasteiger partial charge in [0.05, 0.1) is 11.1 Å². The maximum Gasteiger partial charge on any atom is 0.416 e. The lowest BCUT2D eigenvalue weighted by atomic mass is 10.1. The van der Waals surface area contributed by atoms with Crippen LogP contribution in [0.1, 0.15) is 17.5 Å². The van der Waals surface area contributed by atoms with Crippen LogP contribution in [0.5, 0.6) is 0 Å². The van der Waals surface area contributed by atoms with Gasteiger partial charge in [-0.2, -0.15) is 31.6 Å². The number of halogens is 7. The maximum absolute atomic E-state index is 12.8. The van der Waals surface area contributed by atoms with Crippen molar-refractivity contribution in [3.63, 3.8) is 0 Å². The predicted molar refractivity (Wildman–Crippen MR) is 82.1 cm³/mol. The third kappa shape index (κ3) is 6.48. The van der Waals surface area contributed by atoms with Crippen LogP contribution in [0.15, 0.2) is 30.0 Å². The van der Waals surface area contributed by atoms with Gasteiger partial charge in [-0.15, -0.1) is 11.6 Å². The molecule has 1 aromatic rings. The Bertz CT molecular complexity index is 689. The van der Waals surface area contributed by atoms with Crippen molar-refractivity contribution in [3.05, 3.63) is 41.1 Å². The van der Waals surface area contributed by atoms with E-state index in [-0.39, 0.29) is 18.5 Å². The molecule has 0 aliphatic carbocycles. The lowest BCUT2D eigenvalue weighted by Crippen LogP contribution is -2.26. The van der Waals surface area contributed by atoms with Gasteiger partial charge in [0, 0.05) is 24.3 Å². The number of rotatable bonds is 6. The number of carbonyl (C=O) groups is 1. The highest BCUT2D eigenvalue weighted by molar-refractivity contribution is 6.17. The van der Waals surface area contributed by atoms with Crippen LogP contribution in [0.3, 0.4) is 0 Å². The summed E-state index contributed by atoms with van der Waals surface area (Å²) in [6.07, 6.45) is -8.86. The summed E-state index contributed by atoms with van der Waals surface area (Å²) < 4.78 is 76.6. The third-order valence-corrected chi connectivity index (χ3v) is 3.20. The molecule has 0 aliphatic rings. The van der Waals surface area contributed by atoms with Crippen LogP contribution in [0.2, 0.25) is 0 Å². The molecule has 0 radical (unpaired) electrons. The zero-order valence-electron chi connectivity index (χ0n) is 12.9. The van der Waals surface area contributed by atoms with E-state index in [9.17, 15) is 31.1 Å². The van der Waals surface area contributed by atoms with Crippen molar-refractivity contribution in [2.75, 3.05) is 17.7 Å². The zero-order valence-corrected chi connectivity index (χ0v) is 13.7. The second kappa shape index (κ2) is 8.80. The Kier molecular flexibility index (Phi) is 7.32. The number of hydrogen-bond donors (Lipinski definition) is 2. The first-order valence-corrected chi connectivity index (χ1v) is 7.53. The summed E-state index contributed by atoms with van der Waals surface area (Å²) in [5.41, 5.74) is -4.14.